The average Bonchev–Trinajstić information content (AvgIpc) is 3.67. The number of anilines is 2. The van der Waals surface area contributed by atoms with Gasteiger partial charge in [-0.1, -0.05) is 25.7 Å². The van der Waals surface area contributed by atoms with E-state index in [-0.39, 0.29) is 11.8 Å². The third-order valence-corrected chi connectivity index (χ3v) is 8.93. The van der Waals surface area contributed by atoms with Crippen molar-refractivity contribution in [3.05, 3.63) is 95.1 Å². The standard InChI is InChI=1S/C34H36N6O2/c41-33(35-25-17-13-21(14-18-25)31-37-27-5-1-2-6-28(27)38-31)23-9-11-24(12-10-23)34(42)36-26-19-15-22(16-20-26)32-39-29-7-3-4-8-30(29)40-32/h9-20,27-30H,1-8H2,(H,35,41)(H,36,42)(H,37,38)(H,39,40)/t27-,28-,29-,30+/m0/s1. The minimum absolute atomic E-state index is 0.226. The van der Waals surface area contributed by atoms with Crippen LogP contribution in [-0.4, -0.2) is 47.7 Å². The first kappa shape index (κ1) is 26.4. The Bertz CT molecular complexity index is 1410. The highest BCUT2D eigenvalue weighted by molar-refractivity contribution is 6.08. The van der Waals surface area contributed by atoms with Gasteiger partial charge in [0.05, 0.1) is 12.1 Å². The van der Waals surface area contributed by atoms with Gasteiger partial charge in [-0.2, -0.15) is 0 Å². The highest BCUT2D eigenvalue weighted by Crippen LogP contribution is 2.28. The van der Waals surface area contributed by atoms with Gasteiger partial charge in [0.2, 0.25) is 0 Å². The number of nitrogens with one attached hydrogen (secondary N) is 4. The number of carbonyl (C=O) groups excluding carboxylic acids is 2. The molecule has 2 fully saturated rings. The molecule has 2 aliphatic heterocycles. The molecule has 0 saturated heterocycles. The predicted molar refractivity (Wildman–Crippen MR) is 167 cm³/mol. The normalized spacial score (nSPS) is 24.3. The summed E-state index contributed by atoms with van der Waals surface area (Å²) in [4.78, 5) is 35.5. The fourth-order valence-electron chi connectivity index (χ4n) is 6.54. The highest BCUT2D eigenvalue weighted by Gasteiger charge is 2.32. The van der Waals surface area contributed by atoms with Crippen molar-refractivity contribution in [2.45, 2.75) is 75.5 Å². The van der Waals surface area contributed by atoms with E-state index in [1.54, 1.807) is 24.3 Å². The second-order valence-corrected chi connectivity index (χ2v) is 11.8. The zero-order valence-corrected chi connectivity index (χ0v) is 23.6. The Kier molecular flexibility index (Phi) is 7.20. The van der Waals surface area contributed by atoms with E-state index in [0.717, 1.165) is 35.6 Å². The zero-order valence-electron chi connectivity index (χ0n) is 23.6. The smallest absolute Gasteiger partial charge is 0.255 e. The Morgan fingerprint density at radius 3 is 1.31 bits per heavy atom. The molecular weight excluding hydrogens is 524 g/mol. The van der Waals surface area contributed by atoms with Crippen LogP contribution in [0.1, 0.15) is 83.2 Å². The van der Waals surface area contributed by atoms with Gasteiger partial charge in [-0.25, -0.2) is 0 Å². The van der Waals surface area contributed by atoms with Crippen LogP contribution in [0.4, 0.5) is 11.4 Å². The van der Waals surface area contributed by atoms with Gasteiger partial charge in [-0.15, -0.1) is 0 Å². The monoisotopic (exact) mass is 560 g/mol. The minimum atomic E-state index is -0.226. The van der Waals surface area contributed by atoms with Gasteiger partial charge in [0.15, 0.2) is 0 Å². The topological polar surface area (TPSA) is 107 Å². The summed E-state index contributed by atoms with van der Waals surface area (Å²) in [6.07, 6.45) is 9.67. The van der Waals surface area contributed by atoms with Gasteiger partial charge in [-0.3, -0.25) is 19.6 Å². The van der Waals surface area contributed by atoms with Crippen LogP contribution in [0, 0.1) is 0 Å². The van der Waals surface area contributed by atoms with Crippen LogP contribution in [-0.2, 0) is 0 Å². The fraction of sp³-hybridized carbons (Fsp3) is 0.353. The molecule has 2 aliphatic carbocycles. The van der Waals surface area contributed by atoms with Crippen LogP contribution in [0.15, 0.2) is 82.8 Å². The number of benzene rings is 3. The molecule has 2 heterocycles. The van der Waals surface area contributed by atoms with Gasteiger partial charge in [0, 0.05) is 45.7 Å². The second-order valence-electron chi connectivity index (χ2n) is 11.8. The molecule has 4 N–H and O–H groups in total. The van der Waals surface area contributed by atoms with Crippen LogP contribution in [0.5, 0.6) is 0 Å². The van der Waals surface area contributed by atoms with Crippen molar-refractivity contribution >= 4 is 34.9 Å². The summed E-state index contributed by atoms with van der Waals surface area (Å²) in [6.45, 7) is 0. The summed E-state index contributed by atoms with van der Waals surface area (Å²) in [7, 11) is 0. The first-order valence-electron chi connectivity index (χ1n) is 15.2. The maximum Gasteiger partial charge on any atom is 0.255 e. The molecule has 3 aromatic carbocycles. The lowest BCUT2D eigenvalue weighted by atomic mass is 9.92. The number of aliphatic imine (C=N–C) groups is 2. The Morgan fingerprint density at radius 1 is 0.548 bits per heavy atom. The van der Waals surface area contributed by atoms with Crippen molar-refractivity contribution in [1.82, 2.24) is 10.6 Å². The van der Waals surface area contributed by atoms with Crippen molar-refractivity contribution in [2.75, 3.05) is 10.6 Å². The summed E-state index contributed by atoms with van der Waals surface area (Å²) < 4.78 is 0. The van der Waals surface area contributed by atoms with Gasteiger partial charge < -0.3 is 21.3 Å². The summed E-state index contributed by atoms with van der Waals surface area (Å²) in [6, 6.07) is 23.9. The number of hydrogen-bond acceptors (Lipinski definition) is 6. The molecule has 4 aliphatic rings. The summed E-state index contributed by atoms with van der Waals surface area (Å²) in [5.41, 5.74) is 4.46. The summed E-state index contributed by atoms with van der Waals surface area (Å²) in [5, 5.41) is 13.0. The van der Waals surface area contributed by atoms with Crippen molar-refractivity contribution in [3.63, 3.8) is 0 Å². The highest BCUT2D eigenvalue weighted by atomic mass is 16.2. The predicted octanol–water partition coefficient (Wildman–Crippen LogP) is 5.51. The molecular formula is C34H36N6O2. The molecule has 0 aromatic heterocycles. The third kappa shape index (κ3) is 5.53. The molecule has 2 saturated carbocycles. The number of fused-ring (bicyclic) bond motifs is 2. The molecule has 214 valence electrons. The van der Waals surface area contributed by atoms with Crippen molar-refractivity contribution in [1.29, 1.82) is 0 Å². The quantitative estimate of drug-likeness (QED) is 0.319. The largest absolute Gasteiger partial charge is 0.365 e. The molecule has 0 unspecified atom stereocenters. The molecule has 42 heavy (non-hydrogen) atoms. The maximum atomic E-state index is 12.9. The molecule has 7 rings (SSSR count). The molecule has 2 amide bonds. The van der Waals surface area contributed by atoms with Gasteiger partial charge in [-0.05, 0) is 98.5 Å². The van der Waals surface area contributed by atoms with Crippen LogP contribution in [0.25, 0.3) is 0 Å². The first-order valence-corrected chi connectivity index (χ1v) is 15.2. The number of hydrogen-bond donors (Lipinski definition) is 4. The molecule has 8 nitrogen and oxygen atoms in total. The van der Waals surface area contributed by atoms with E-state index in [2.05, 4.69) is 21.3 Å². The van der Waals surface area contributed by atoms with Crippen molar-refractivity contribution < 1.29 is 9.59 Å². The lowest BCUT2D eigenvalue weighted by Crippen LogP contribution is -2.36. The number of nitrogens with zero attached hydrogens (tertiary/aromatic N) is 2. The van der Waals surface area contributed by atoms with E-state index in [1.807, 2.05) is 48.5 Å². The first-order chi connectivity index (χ1) is 20.6. The summed E-state index contributed by atoms with van der Waals surface area (Å²) >= 11 is 0. The van der Waals surface area contributed by atoms with Crippen molar-refractivity contribution in [3.8, 4) is 0 Å². The Hall–Kier alpha value is -4.46. The van der Waals surface area contributed by atoms with Gasteiger partial charge in [0.1, 0.15) is 11.7 Å². The summed E-state index contributed by atoms with van der Waals surface area (Å²) in [5.74, 6) is 1.45. The molecule has 0 bridgehead atoms. The van der Waals surface area contributed by atoms with Crippen LogP contribution in [0.2, 0.25) is 0 Å². The Labute approximate surface area is 246 Å². The average molecular weight is 561 g/mol. The van der Waals surface area contributed by atoms with E-state index >= 15 is 0 Å². The van der Waals surface area contributed by atoms with Crippen LogP contribution >= 0.6 is 0 Å². The minimum Gasteiger partial charge on any atom is -0.365 e. The fourth-order valence-corrected chi connectivity index (χ4v) is 6.54. The van der Waals surface area contributed by atoms with Crippen LogP contribution in [0.3, 0.4) is 0 Å². The Morgan fingerprint density at radius 2 is 0.929 bits per heavy atom. The molecule has 0 spiro atoms. The van der Waals surface area contributed by atoms with Crippen molar-refractivity contribution in [2.24, 2.45) is 9.98 Å². The SMILES string of the molecule is O=C(Nc1ccc(C2=N[C@H]3CCCC[C@@H]3N2)cc1)c1ccc(C(=O)Nc2ccc(C3=N[C@@H]4CCCC[C@@H]4N3)cc2)cc1. The van der Waals surface area contributed by atoms with E-state index in [1.165, 1.54) is 38.5 Å². The number of amidine groups is 2. The van der Waals surface area contributed by atoms with E-state index < -0.39 is 0 Å². The third-order valence-electron chi connectivity index (χ3n) is 8.93. The molecule has 4 atom stereocenters. The van der Waals surface area contributed by atoms with E-state index in [4.69, 9.17) is 9.98 Å². The Balaban J connectivity index is 0.930. The zero-order chi connectivity index (χ0) is 28.5. The lowest BCUT2D eigenvalue weighted by Gasteiger charge is -2.23. The van der Waals surface area contributed by atoms with E-state index in [0.29, 0.717) is 46.7 Å². The van der Waals surface area contributed by atoms with Crippen LogP contribution < -0.4 is 21.3 Å². The molecule has 0 radical (unpaired) electrons. The van der Waals surface area contributed by atoms with Gasteiger partial charge >= 0.3 is 0 Å². The molecule has 8 heteroatoms. The lowest BCUT2D eigenvalue weighted by molar-refractivity contribution is 0.101. The number of amides is 2. The van der Waals surface area contributed by atoms with Gasteiger partial charge in [0.25, 0.3) is 11.8 Å². The van der Waals surface area contributed by atoms with E-state index in [9.17, 15) is 9.59 Å². The number of carbonyl (C=O) groups is 2. The molecule has 3 aromatic rings. The maximum absolute atomic E-state index is 12.9. The second kappa shape index (κ2) is 11.4. The number of rotatable bonds is 6.